The summed E-state index contributed by atoms with van der Waals surface area (Å²) in [5.74, 6) is -0.282. The molecule has 0 amide bonds. The smallest absolute Gasteiger partial charge is 0.405 e. The maximum atomic E-state index is 12.2. The molecule has 0 saturated carbocycles. The van der Waals surface area contributed by atoms with Crippen LogP contribution in [0.1, 0.15) is 18.0 Å². The second-order valence-corrected chi connectivity index (χ2v) is 4.28. The van der Waals surface area contributed by atoms with Gasteiger partial charge in [-0.2, -0.15) is 0 Å². The van der Waals surface area contributed by atoms with E-state index in [2.05, 4.69) is 27.2 Å². The van der Waals surface area contributed by atoms with Gasteiger partial charge in [0.25, 0.3) is 0 Å². The summed E-state index contributed by atoms with van der Waals surface area (Å²) in [6.45, 7) is 3.50. The zero-order valence-electron chi connectivity index (χ0n) is 8.80. The number of nitrogens with two attached hydrogens (primary N) is 1. The highest BCUT2D eigenvalue weighted by atomic mass is 79.9. The minimum atomic E-state index is -4.73. The molecule has 0 saturated heterocycles. The molecule has 1 aromatic carbocycles. The van der Waals surface area contributed by atoms with Gasteiger partial charge in [0.1, 0.15) is 5.75 Å². The molecule has 2 N–H and O–H groups in total. The first kappa shape index (κ1) is 14.1. The number of rotatable bonds is 4. The van der Waals surface area contributed by atoms with Crippen LogP contribution in [0.15, 0.2) is 35.3 Å². The minimum absolute atomic E-state index is 0.282. The summed E-state index contributed by atoms with van der Waals surface area (Å²) in [5.41, 5.74) is 6.04. The molecule has 0 unspecified atom stereocenters. The zero-order chi connectivity index (χ0) is 13.1. The van der Waals surface area contributed by atoms with Crippen LogP contribution in [0.3, 0.4) is 0 Å². The third kappa shape index (κ3) is 4.40. The topological polar surface area (TPSA) is 35.2 Å². The Morgan fingerprint density at radius 3 is 2.65 bits per heavy atom. The van der Waals surface area contributed by atoms with Crippen LogP contribution in [0.5, 0.6) is 5.75 Å². The van der Waals surface area contributed by atoms with Crippen molar-refractivity contribution in [3.63, 3.8) is 0 Å². The Morgan fingerprint density at radius 2 is 2.12 bits per heavy atom. The van der Waals surface area contributed by atoms with Gasteiger partial charge >= 0.3 is 6.36 Å². The molecule has 0 spiro atoms. The number of halogens is 4. The summed E-state index contributed by atoms with van der Waals surface area (Å²) in [6, 6.07) is 3.62. The lowest BCUT2D eigenvalue weighted by molar-refractivity contribution is -0.275. The van der Waals surface area contributed by atoms with Crippen molar-refractivity contribution >= 4 is 15.9 Å². The third-order valence-corrected chi connectivity index (χ3v) is 2.51. The van der Waals surface area contributed by atoms with Crippen LogP contribution in [0.25, 0.3) is 0 Å². The molecular weight excluding hydrogens is 299 g/mol. The fourth-order valence-electron chi connectivity index (χ4n) is 1.33. The number of alkyl halides is 3. The van der Waals surface area contributed by atoms with Crippen molar-refractivity contribution in [2.75, 3.05) is 0 Å². The van der Waals surface area contributed by atoms with Crippen molar-refractivity contribution in [3.8, 4) is 5.75 Å². The van der Waals surface area contributed by atoms with E-state index >= 15 is 0 Å². The fraction of sp³-hybridized carbons (Fsp3) is 0.273. The van der Waals surface area contributed by atoms with Crippen molar-refractivity contribution in [2.45, 2.75) is 18.8 Å². The van der Waals surface area contributed by atoms with Gasteiger partial charge in [-0.05, 0) is 24.6 Å². The maximum absolute atomic E-state index is 12.2. The van der Waals surface area contributed by atoms with E-state index in [0.29, 0.717) is 10.9 Å². The monoisotopic (exact) mass is 309 g/mol. The van der Waals surface area contributed by atoms with Crippen LogP contribution in [0.4, 0.5) is 13.2 Å². The van der Waals surface area contributed by atoms with Gasteiger partial charge in [-0.1, -0.05) is 22.0 Å². The van der Waals surface area contributed by atoms with E-state index in [1.807, 2.05) is 0 Å². The molecule has 0 heterocycles. The first-order valence-corrected chi connectivity index (χ1v) is 5.54. The highest BCUT2D eigenvalue weighted by Crippen LogP contribution is 2.32. The Bertz CT molecular complexity index is 406. The quantitative estimate of drug-likeness (QED) is 0.855. The largest absolute Gasteiger partial charge is 0.573 e. The van der Waals surface area contributed by atoms with E-state index in [-0.39, 0.29) is 11.3 Å². The van der Waals surface area contributed by atoms with E-state index in [4.69, 9.17) is 5.73 Å². The summed E-state index contributed by atoms with van der Waals surface area (Å²) >= 11 is 3.18. The summed E-state index contributed by atoms with van der Waals surface area (Å²) in [5, 5.41) is 0. The molecule has 1 rings (SSSR count). The molecule has 17 heavy (non-hydrogen) atoms. The molecule has 94 valence electrons. The van der Waals surface area contributed by atoms with Crippen LogP contribution < -0.4 is 10.5 Å². The molecule has 0 aliphatic carbocycles. The Morgan fingerprint density at radius 1 is 1.47 bits per heavy atom. The first-order valence-electron chi connectivity index (χ1n) is 4.75. The van der Waals surface area contributed by atoms with E-state index in [1.54, 1.807) is 6.08 Å². The Hall–Kier alpha value is -1.01. The highest BCUT2D eigenvalue weighted by molar-refractivity contribution is 9.10. The summed E-state index contributed by atoms with van der Waals surface area (Å²) in [6.07, 6.45) is -2.82. The molecule has 0 aliphatic heterocycles. The minimum Gasteiger partial charge on any atom is -0.405 e. The lowest BCUT2D eigenvalue weighted by atomic mass is 10.0. The van der Waals surface area contributed by atoms with Gasteiger partial charge in [0.15, 0.2) is 0 Å². The van der Waals surface area contributed by atoms with E-state index < -0.39 is 12.4 Å². The van der Waals surface area contributed by atoms with Crippen molar-refractivity contribution in [2.24, 2.45) is 5.73 Å². The number of ether oxygens (including phenoxy) is 1. The molecule has 0 bridgehead atoms. The van der Waals surface area contributed by atoms with Crippen molar-refractivity contribution in [1.82, 2.24) is 0 Å². The predicted octanol–water partition coefficient (Wildman–Crippen LogP) is 3.92. The van der Waals surface area contributed by atoms with Crippen LogP contribution in [0.2, 0.25) is 0 Å². The third-order valence-electron chi connectivity index (χ3n) is 2.02. The number of hydrogen-bond acceptors (Lipinski definition) is 2. The Labute approximate surface area is 105 Å². The molecule has 6 heteroatoms. The average molecular weight is 310 g/mol. The first-order chi connectivity index (χ1) is 7.83. The van der Waals surface area contributed by atoms with Crippen LogP contribution in [-0.2, 0) is 0 Å². The van der Waals surface area contributed by atoms with Crippen molar-refractivity contribution in [1.29, 1.82) is 0 Å². The molecule has 1 aromatic rings. The molecule has 1 atom stereocenters. The van der Waals surface area contributed by atoms with Gasteiger partial charge in [-0.3, -0.25) is 0 Å². The van der Waals surface area contributed by atoms with Gasteiger partial charge in [0.2, 0.25) is 0 Å². The molecule has 0 radical (unpaired) electrons. The average Bonchev–Trinajstić information content (AvgIpc) is 2.19. The number of hydrogen-bond donors (Lipinski definition) is 1. The summed E-state index contributed by atoms with van der Waals surface area (Å²) < 4.78 is 41.1. The molecular formula is C11H11BrF3NO. The highest BCUT2D eigenvalue weighted by Gasteiger charge is 2.32. The van der Waals surface area contributed by atoms with Crippen LogP contribution in [0, 0.1) is 0 Å². The number of benzene rings is 1. The standard InChI is InChI=1S/C11H11BrF3NO/c1-2-3-9(16)8-6-7(12)4-5-10(8)17-11(13,14)15/h2,4-6,9H,1,3,16H2/t9-/m1/s1. The van der Waals surface area contributed by atoms with E-state index in [1.165, 1.54) is 18.2 Å². The summed E-state index contributed by atoms with van der Waals surface area (Å²) in [7, 11) is 0. The lowest BCUT2D eigenvalue weighted by Gasteiger charge is -2.17. The van der Waals surface area contributed by atoms with Gasteiger partial charge < -0.3 is 10.5 Å². The van der Waals surface area contributed by atoms with Crippen molar-refractivity contribution in [3.05, 3.63) is 40.9 Å². The lowest BCUT2D eigenvalue weighted by Crippen LogP contribution is -2.20. The van der Waals surface area contributed by atoms with Crippen molar-refractivity contribution < 1.29 is 17.9 Å². The van der Waals surface area contributed by atoms with Gasteiger partial charge in [0, 0.05) is 16.1 Å². The molecule has 0 fully saturated rings. The van der Waals surface area contributed by atoms with Crippen LogP contribution in [-0.4, -0.2) is 6.36 Å². The van der Waals surface area contributed by atoms with E-state index in [9.17, 15) is 13.2 Å². The van der Waals surface area contributed by atoms with Crippen LogP contribution >= 0.6 is 15.9 Å². The Balaban J connectivity index is 3.07. The van der Waals surface area contributed by atoms with Gasteiger partial charge in [-0.15, -0.1) is 19.8 Å². The van der Waals surface area contributed by atoms with Gasteiger partial charge in [0.05, 0.1) is 0 Å². The van der Waals surface area contributed by atoms with Gasteiger partial charge in [-0.25, -0.2) is 0 Å². The fourth-order valence-corrected chi connectivity index (χ4v) is 1.71. The van der Waals surface area contributed by atoms with E-state index in [0.717, 1.165) is 0 Å². The normalized spacial score (nSPS) is 13.2. The zero-order valence-corrected chi connectivity index (χ0v) is 10.4. The SMILES string of the molecule is C=CC[C@@H](N)c1cc(Br)ccc1OC(F)(F)F. The Kier molecular flexibility index (Phi) is 4.59. The molecule has 0 aromatic heterocycles. The predicted molar refractivity (Wildman–Crippen MR) is 62.6 cm³/mol. The molecule has 0 aliphatic rings. The summed E-state index contributed by atoms with van der Waals surface area (Å²) in [4.78, 5) is 0. The second kappa shape index (κ2) is 5.55. The molecule has 2 nitrogen and oxygen atoms in total. The maximum Gasteiger partial charge on any atom is 0.573 e. The second-order valence-electron chi connectivity index (χ2n) is 3.36.